The van der Waals surface area contributed by atoms with E-state index in [1.807, 2.05) is 24.1 Å². The van der Waals surface area contributed by atoms with Crippen LogP contribution in [-0.4, -0.2) is 26.8 Å². The molecule has 4 rings (SSSR count). The van der Waals surface area contributed by atoms with Crippen molar-refractivity contribution in [2.24, 2.45) is 7.05 Å². The normalized spacial score (nSPS) is 15.0. The minimum Gasteiger partial charge on any atom is -0.341 e. The zero-order valence-corrected chi connectivity index (χ0v) is 16.8. The molecule has 1 fully saturated rings. The molecule has 0 spiro atoms. The third-order valence-electron chi connectivity index (χ3n) is 5.21. The minimum atomic E-state index is -0.171. The van der Waals surface area contributed by atoms with Crippen LogP contribution in [0.25, 0.3) is 11.0 Å². The number of benzene rings is 1. The van der Waals surface area contributed by atoms with Crippen LogP contribution in [0.5, 0.6) is 0 Å². The van der Waals surface area contributed by atoms with E-state index in [-0.39, 0.29) is 5.56 Å². The van der Waals surface area contributed by atoms with Crippen LogP contribution >= 0.6 is 23.2 Å². The van der Waals surface area contributed by atoms with Crippen LogP contribution in [0, 0.1) is 0 Å². The van der Waals surface area contributed by atoms with E-state index in [2.05, 4.69) is 10.1 Å². The molecule has 0 unspecified atom stereocenters. The lowest BCUT2D eigenvalue weighted by molar-refractivity contribution is 0.664. The van der Waals surface area contributed by atoms with Gasteiger partial charge in [0.05, 0.1) is 15.7 Å². The number of anilines is 1. The molecule has 2 aromatic heterocycles. The zero-order chi connectivity index (χ0) is 19.1. The molecule has 1 N–H and O–H groups in total. The van der Waals surface area contributed by atoms with E-state index < -0.39 is 0 Å². The summed E-state index contributed by atoms with van der Waals surface area (Å²) in [5, 5.41) is 5.65. The number of aromatic nitrogens is 4. The summed E-state index contributed by atoms with van der Waals surface area (Å²) in [6, 6.07) is 5.51. The second kappa shape index (κ2) is 7.17. The van der Waals surface area contributed by atoms with Crippen molar-refractivity contribution < 1.29 is 0 Å². The van der Waals surface area contributed by atoms with E-state index in [1.165, 1.54) is 12.8 Å². The first-order chi connectivity index (χ1) is 12.9. The van der Waals surface area contributed by atoms with Gasteiger partial charge < -0.3 is 4.90 Å². The first-order valence-electron chi connectivity index (χ1n) is 9.06. The Kier molecular flexibility index (Phi) is 4.86. The Morgan fingerprint density at radius 1 is 1.26 bits per heavy atom. The van der Waals surface area contributed by atoms with Gasteiger partial charge in [-0.25, -0.2) is 4.98 Å². The van der Waals surface area contributed by atoms with E-state index in [0.717, 1.165) is 24.1 Å². The number of H-pyrrole nitrogens is 1. The van der Waals surface area contributed by atoms with Crippen molar-refractivity contribution in [2.75, 3.05) is 11.9 Å². The lowest BCUT2D eigenvalue weighted by Gasteiger charge is -2.18. The Hall–Kier alpha value is -2.05. The third-order valence-corrected chi connectivity index (χ3v) is 5.95. The van der Waals surface area contributed by atoms with E-state index in [1.54, 1.807) is 17.8 Å². The summed E-state index contributed by atoms with van der Waals surface area (Å²) in [7, 11) is 3.69. The van der Waals surface area contributed by atoms with Crippen molar-refractivity contribution >= 4 is 40.2 Å². The molecule has 27 heavy (non-hydrogen) atoms. The second-order valence-electron chi connectivity index (χ2n) is 7.18. The summed E-state index contributed by atoms with van der Waals surface area (Å²) in [5.41, 5.74) is 3.00. The number of nitrogens with one attached hydrogen (secondary N) is 1. The van der Waals surface area contributed by atoms with Crippen LogP contribution in [0.2, 0.25) is 10.0 Å². The molecule has 1 aromatic carbocycles. The monoisotopic (exact) mass is 405 g/mol. The maximum Gasteiger partial charge on any atom is 0.278 e. The predicted octanol–water partition coefficient (Wildman–Crippen LogP) is 4.26. The average molecular weight is 406 g/mol. The number of aromatic amines is 1. The minimum absolute atomic E-state index is 0.171. The highest BCUT2D eigenvalue weighted by molar-refractivity contribution is 6.42. The number of fused-ring (bicyclic) bond motifs is 1. The summed E-state index contributed by atoms with van der Waals surface area (Å²) >= 11 is 12.1. The molecule has 0 amide bonds. The molecule has 0 bridgehead atoms. The lowest BCUT2D eigenvalue weighted by Crippen LogP contribution is -2.23. The number of halogens is 2. The molecule has 142 valence electrons. The van der Waals surface area contributed by atoms with Gasteiger partial charge in [0.15, 0.2) is 5.52 Å². The summed E-state index contributed by atoms with van der Waals surface area (Å²) in [4.78, 5) is 22.2. The lowest BCUT2D eigenvalue weighted by atomic mass is 10.0. The number of hydrogen-bond acceptors (Lipinski definition) is 4. The first kappa shape index (κ1) is 18.3. The van der Waals surface area contributed by atoms with Gasteiger partial charge in [-0.1, -0.05) is 42.1 Å². The Morgan fingerprint density at radius 3 is 2.70 bits per heavy atom. The van der Waals surface area contributed by atoms with Gasteiger partial charge >= 0.3 is 0 Å². The van der Waals surface area contributed by atoms with Crippen molar-refractivity contribution in [3.05, 3.63) is 49.9 Å². The highest BCUT2D eigenvalue weighted by Crippen LogP contribution is 2.36. The molecular weight excluding hydrogens is 385 g/mol. The van der Waals surface area contributed by atoms with Crippen LogP contribution in [0.3, 0.4) is 0 Å². The van der Waals surface area contributed by atoms with Gasteiger partial charge in [0.2, 0.25) is 5.95 Å². The number of nitrogens with zero attached hydrogens (tertiary/aromatic N) is 4. The SMILES string of the molecule is CN(Cc1ccc(Cl)c(Cl)c1)c1nc2c(C3CCCC3)nn(C)c2c(=O)[nH]1. The maximum atomic E-state index is 12.7. The fraction of sp³-hybridized carbons (Fsp3) is 0.421. The van der Waals surface area contributed by atoms with Gasteiger partial charge in [-0.15, -0.1) is 0 Å². The third kappa shape index (κ3) is 3.44. The Morgan fingerprint density at radius 2 is 2.00 bits per heavy atom. The molecule has 0 radical (unpaired) electrons. The van der Waals surface area contributed by atoms with Gasteiger partial charge in [-0.05, 0) is 30.5 Å². The molecule has 8 heteroatoms. The zero-order valence-electron chi connectivity index (χ0n) is 15.3. The standard InChI is InChI=1S/C19H21Cl2N5O/c1-25(10-11-7-8-13(20)14(21)9-11)19-22-16-15(12-5-3-4-6-12)24-26(2)17(16)18(27)23-19/h7-9,12H,3-6,10H2,1-2H3,(H,22,23,27). The number of aryl methyl sites for hydroxylation is 1. The Labute approximate surface area is 167 Å². The van der Waals surface area contributed by atoms with Crippen LogP contribution in [0.15, 0.2) is 23.0 Å². The molecule has 1 aliphatic rings. The molecule has 3 aromatic rings. The van der Waals surface area contributed by atoms with Gasteiger partial charge in [-0.2, -0.15) is 5.10 Å². The highest BCUT2D eigenvalue weighted by Gasteiger charge is 2.25. The fourth-order valence-corrected chi connectivity index (χ4v) is 4.16. The van der Waals surface area contributed by atoms with E-state index >= 15 is 0 Å². The fourth-order valence-electron chi connectivity index (χ4n) is 3.83. The molecule has 2 heterocycles. The van der Waals surface area contributed by atoms with Crippen molar-refractivity contribution in [1.82, 2.24) is 19.7 Å². The smallest absolute Gasteiger partial charge is 0.278 e. The van der Waals surface area contributed by atoms with Gasteiger partial charge in [0, 0.05) is 26.6 Å². The molecule has 0 aliphatic heterocycles. The maximum absolute atomic E-state index is 12.7. The highest BCUT2D eigenvalue weighted by atomic mass is 35.5. The summed E-state index contributed by atoms with van der Waals surface area (Å²) in [5.74, 6) is 0.905. The van der Waals surface area contributed by atoms with Gasteiger partial charge in [0.25, 0.3) is 5.56 Å². The van der Waals surface area contributed by atoms with Crippen molar-refractivity contribution in [3.8, 4) is 0 Å². The molecule has 0 saturated heterocycles. The van der Waals surface area contributed by atoms with Gasteiger partial charge in [-0.3, -0.25) is 14.5 Å². The summed E-state index contributed by atoms with van der Waals surface area (Å²) in [6.07, 6.45) is 4.62. The largest absolute Gasteiger partial charge is 0.341 e. The summed E-state index contributed by atoms with van der Waals surface area (Å²) < 4.78 is 1.65. The van der Waals surface area contributed by atoms with Crippen LogP contribution in [-0.2, 0) is 13.6 Å². The second-order valence-corrected chi connectivity index (χ2v) is 8.00. The topological polar surface area (TPSA) is 66.8 Å². The van der Waals surface area contributed by atoms with Crippen molar-refractivity contribution in [1.29, 1.82) is 0 Å². The molecule has 1 aliphatic carbocycles. The Bertz CT molecular complexity index is 1050. The predicted molar refractivity (Wildman–Crippen MR) is 109 cm³/mol. The molecule has 0 atom stereocenters. The van der Waals surface area contributed by atoms with Crippen molar-refractivity contribution in [3.63, 3.8) is 0 Å². The Balaban J connectivity index is 1.71. The van der Waals surface area contributed by atoms with E-state index in [0.29, 0.717) is 39.5 Å². The van der Waals surface area contributed by atoms with Crippen LogP contribution < -0.4 is 10.5 Å². The van der Waals surface area contributed by atoms with E-state index in [4.69, 9.17) is 28.2 Å². The van der Waals surface area contributed by atoms with Crippen LogP contribution in [0.1, 0.15) is 42.9 Å². The average Bonchev–Trinajstić information content (AvgIpc) is 3.26. The molecule has 1 saturated carbocycles. The van der Waals surface area contributed by atoms with E-state index in [9.17, 15) is 4.79 Å². The molecule has 6 nitrogen and oxygen atoms in total. The van der Waals surface area contributed by atoms with Crippen LogP contribution in [0.4, 0.5) is 5.95 Å². The molecular formula is C19H21Cl2N5O. The quantitative estimate of drug-likeness (QED) is 0.703. The van der Waals surface area contributed by atoms with Gasteiger partial charge in [0.1, 0.15) is 5.52 Å². The summed E-state index contributed by atoms with van der Waals surface area (Å²) in [6.45, 7) is 0.546. The number of hydrogen-bond donors (Lipinski definition) is 1. The first-order valence-corrected chi connectivity index (χ1v) is 9.81. The number of rotatable bonds is 4. The van der Waals surface area contributed by atoms with Crippen molar-refractivity contribution in [2.45, 2.75) is 38.1 Å².